The number of ether oxygens (including phenoxy) is 1. The van der Waals surface area contributed by atoms with Crippen LogP contribution < -0.4 is 11.1 Å². The van der Waals surface area contributed by atoms with Crippen molar-refractivity contribution < 1.29 is 13.2 Å². The topological polar surface area (TPSA) is 97.0 Å². The molecule has 0 amide bonds. The number of likely N-dealkylation sites (N-methyl/N-ethyl adjacent to an activating group) is 1. The average molecular weight is 446 g/mol. The number of sulfone groups is 1. The van der Waals surface area contributed by atoms with Gasteiger partial charge in [0.1, 0.15) is 0 Å². The highest BCUT2D eigenvalue weighted by Gasteiger charge is 2.25. The lowest BCUT2D eigenvalue weighted by molar-refractivity contribution is 0.0748. The number of rotatable bonds is 5. The van der Waals surface area contributed by atoms with Crippen LogP contribution in [0.15, 0.2) is 4.99 Å². The van der Waals surface area contributed by atoms with Gasteiger partial charge in [0.2, 0.25) is 0 Å². The van der Waals surface area contributed by atoms with Crippen LogP contribution in [0, 0.1) is 0 Å². The summed E-state index contributed by atoms with van der Waals surface area (Å²) in [4.78, 5) is 6.77. The van der Waals surface area contributed by atoms with Gasteiger partial charge < -0.3 is 15.8 Å². The van der Waals surface area contributed by atoms with Gasteiger partial charge in [0.05, 0.1) is 30.8 Å². The molecule has 2 aliphatic heterocycles. The molecule has 0 aliphatic carbocycles. The largest absolute Gasteiger partial charge is 0.374 e. The number of aliphatic imine (C=N–C) groups is 1. The van der Waals surface area contributed by atoms with Gasteiger partial charge in [-0.05, 0) is 25.9 Å². The Labute approximate surface area is 150 Å². The smallest absolute Gasteiger partial charge is 0.188 e. The van der Waals surface area contributed by atoms with Crippen LogP contribution in [0.5, 0.6) is 0 Å². The highest BCUT2D eigenvalue weighted by Crippen LogP contribution is 2.16. The van der Waals surface area contributed by atoms with Crippen LogP contribution in [0.3, 0.4) is 0 Å². The first-order chi connectivity index (χ1) is 10.00. The molecule has 22 heavy (non-hydrogen) atoms. The summed E-state index contributed by atoms with van der Waals surface area (Å²) in [5.74, 6) is 0.533. The summed E-state index contributed by atoms with van der Waals surface area (Å²) in [6, 6.07) is 0.474. The Kier molecular flexibility index (Phi) is 8.36. The second-order valence-electron chi connectivity index (χ2n) is 5.64. The molecule has 7 nitrogen and oxygen atoms in total. The fraction of sp³-hybridized carbons (Fsp3) is 0.923. The molecule has 2 saturated heterocycles. The van der Waals surface area contributed by atoms with Crippen LogP contribution in [0.25, 0.3) is 0 Å². The van der Waals surface area contributed by atoms with Crippen molar-refractivity contribution in [3.8, 4) is 0 Å². The van der Waals surface area contributed by atoms with Crippen molar-refractivity contribution in [3.05, 3.63) is 0 Å². The van der Waals surface area contributed by atoms with Crippen LogP contribution in [0.2, 0.25) is 0 Å². The van der Waals surface area contributed by atoms with Gasteiger partial charge in [0.25, 0.3) is 0 Å². The first kappa shape index (κ1) is 19.9. The molecule has 130 valence electrons. The fourth-order valence-electron chi connectivity index (χ4n) is 2.87. The minimum Gasteiger partial charge on any atom is -0.374 e. The Balaban J connectivity index is 0.00000242. The van der Waals surface area contributed by atoms with Crippen molar-refractivity contribution in [2.24, 2.45) is 10.7 Å². The standard InChI is InChI=1S/C13H26N4O3S.HI/c1-2-17-5-3-4-11(17)8-15-13(14)16-9-12-10-21(18,19)7-6-20-12;/h11-12H,2-10H2,1H3,(H3,14,15,16);1H. The van der Waals surface area contributed by atoms with E-state index in [-0.39, 0.29) is 48.2 Å². The van der Waals surface area contributed by atoms with E-state index in [1.807, 2.05) is 0 Å². The van der Waals surface area contributed by atoms with Gasteiger partial charge in [-0.15, -0.1) is 24.0 Å². The van der Waals surface area contributed by atoms with Gasteiger partial charge in [-0.25, -0.2) is 8.42 Å². The van der Waals surface area contributed by atoms with Crippen molar-refractivity contribution in [3.63, 3.8) is 0 Å². The zero-order valence-electron chi connectivity index (χ0n) is 13.0. The summed E-state index contributed by atoms with van der Waals surface area (Å²) in [6.07, 6.45) is 2.04. The second-order valence-corrected chi connectivity index (χ2v) is 7.87. The normalized spacial score (nSPS) is 29.0. The van der Waals surface area contributed by atoms with E-state index in [1.54, 1.807) is 0 Å². The molecule has 2 unspecified atom stereocenters. The Bertz CT molecular complexity index is 472. The maximum atomic E-state index is 11.5. The van der Waals surface area contributed by atoms with E-state index < -0.39 is 9.84 Å². The molecule has 0 aromatic carbocycles. The third-order valence-corrected chi connectivity index (χ3v) is 5.74. The summed E-state index contributed by atoms with van der Waals surface area (Å²) in [6.45, 7) is 5.68. The number of guanidine groups is 1. The van der Waals surface area contributed by atoms with Crippen molar-refractivity contribution in [2.75, 3.05) is 44.3 Å². The first-order valence-corrected chi connectivity index (χ1v) is 9.42. The SMILES string of the molecule is CCN1CCCC1CN=C(N)NCC1CS(=O)(=O)CCO1.I. The molecule has 0 bridgehead atoms. The van der Waals surface area contributed by atoms with Gasteiger partial charge >= 0.3 is 0 Å². The van der Waals surface area contributed by atoms with Gasteiger partial charge in [-0.1, -0.05) is 6.92 Å². The molecule has 2 heterocycles. The molecule has 2 atom stereocenters. The van der Waals surface area contributed by atoms with Crippen molar-refractivity contribution >= 4 is 39.8 Å². The Morgan fingerprint density at radius 1 is 1.50 bits per heavy atom. The number of nitrogens with one attached hydrogen (secondary N) is 1. The van der Waals surface area contributed by atoms with E-state index in [0.29, 0.717) is 25.1 Å². The van der Waals surface area contributed by atoms with E-state index in [9.17, 15) is 8.42 Å². The quantitative estimate of drug-likeness (QED) is 0.345. The van der Waals surface area contributed by atoms with E-state index in [4.69, 9.17) is 10.5 Å². The zero-order valence-corrected chi connectivity index (χ0v) is 16.2. The highest BCUT2D eigenvalue weighted by molar-refractivity contribution is 14.0. The summed E-state index contributed by atoms with van der Waals surface area (Å²) < 4.78 is 28.4. The lowest BCUT2D eigenvalue weighted by Gasteiger charge is -2.23. The van der Waals surface area contributed by atoms with Gasteiger partial charge in [0.15, 0.2) is 15.8 Å². The van der Waals surface area contributed by atoms with Crippen LogP contribution in [-0.2, 0) is 14.6 Å². The van der Waals surface area contributed by atoms with E-state index >= 15 is 0 Å². The van der Waals surface area contributed by atoms with Crippen LogP contribution in [0.4, 0.5) is 0 Å². The third kappa shape index (κ3) is 6.17. The minimum atomic E-state index is -2.97. The molecule has 0 radical (unpaired) electrons. The van der Waals surface area contributed by atoms with Crippen LogP contribution in [-0.4, -0.2) is 75.7 Å². The Morgan fingerprint density at radius 3 is 2.95 bits per heavy atom. The second kappa shape index (κ2) is 9.24. The first-order valence-electron chi connectivity index (χ1n) is 7.60. The number of hydrogen-bond acceptors (Lipinski definition) is 5. The third-order valence-electron chi connectivity index (χ3n) is 4.08. The van der Waals surface area contributed by atoms with Crippen molar-refractivity contribution in [2.45, 2.75) is 31.9 Å². The summed E-state index contributed by atoms with van der Waals surface area (Å²) >= 11 is 0. The Morgan fingerprint density at radius 2 is 2.27 bits per heavy atom. The molecule has 2 fully saturated rings. The van der Waals surface area contributed by atoms with E-state index in [1.165, 1.54) is 6.42 Å². The summed E-state index contributed by atoms with van der Waals surface area (Å²) in [5, 5.41) is 2.97. The van der Waals surface area contributed by atoms with Gasteiger partial charge in [-0.2, -0.15) is 0 Å². The maximum Gasteiger partial charge on any atom is 0.188 e. The number of likely N-dealkylation sites (tertiary alicyclic amines) is 1. The van der Waals surface area contributed by atoms with Crippen LogP contribution in [0.1, 0.15) is 19.8 Å². The molecular formula is C13H27IN4O3S. The molecule has 2 rings (SSSR count). The molecule has 3 N–H and O–H groups in total. The number of nitrogens with two attached hydrogens (primary N) is 1. The predicted octanol–water partition coefficient (Wildman–Crippen LogP) is -0.193. The van der Waals surface area contributed by atoms with Gasteiger partial charge in [-0.3, -0.25) is 9.89 Å². The minimum absolute atomic E-state index is 0. The summed E-state index contributed by atoms with van der Waals surface area (Å²) in [7, 11) is -2.97. The lowest BCUT2D eigenvalue weighted by Crippen LogP contribution is -2.45. The lowest BCUT2D eigenvalue weighted by atomic mass is 10.2. The zero-order chi connectivity index (χ0) is 15.3. The summed E-state index contributed by atoms with van der Waals surface area (Å²) in [5.41, 5.74) is 5.84. The van der Waals surface area contributed by atoms with Gasteiger partial charge in [0, 0.05) is 12.6 Å². The highest BCUT2D eigenvalue weighted by atomic mass is 127. The number of nitrogens with zero attached hydrogens (tertiary/aromatic N) is 2. The predicted molar refractivity (Wildman–Crippen MR) is 98.6 cm³/mol. The van der Waals surface area contributed by atoms with Crippen LogP contribution >= 0.6 is 24.0 Å². The molecule has 0 saturated carbocycles. The molecule has 0 aromatic rings. The fourth-order valence-corrected chi connectivity index (χ4v) is 4.17. The molecule has 2 aliphatic rings. The van der Waals surface area contributed by atoms with Crippen molar-refractivity contribution in [1.82, 2.24) is 10.2 Å². The van der Waals surface area contributed by atoms with Crippen molar-refractivity contribution in [1.29, 1.82) is 0 Å². The molecule has 9 heteroatoms. The maximum absolute atomic E-state index is 11.5. The van der Waals surface area contributed by atoms with E-state index in [2.05, 4.69) is 22.1 Å². The Hall–Kier alpha value is -0.130. The number of halogens is 1. The average Bonchev–Trinajstić information content (AvgIpc) is 2.89. The molecule has 0 aromatic heterocycles. The number of hydrogen-bond donors (Lipinski definition) is 2. The molecule has 0 spiro atoms. The van der Waals surface area contributed by atoms with E-state index in [0.717, 1.165) is 19.5 Å². The monoisotopic (exact) mass is 446 g/mol. The molecular weight excluding hydrogens is 419 g/mol.